The van der Waals surface area contributed by atoms with Crippen LogP contribution < -0.4 is 5.32 Å². The highest BCUT2D eigenvalue weighted by Crippen LogP contribution is 2.31. The lowest BCUT2D eigenvalue weighted by molar-refractivity contribution is -0.142. The Kier molecular flexibility index (Phi) is 4.36. The first-order valence-electron chi connectivity index (χ1n) is 6.65. The molecular weight excluding hydrogens is 230 g/mol. The molecule has 0 spiro atoms. The second kappa shape index (κ2) is 6.00. The van der Waals surface area contributed by atoms with Crippen molar-refractivity contribution < 1.29 is 9.90 Å². The third-order valence-corrected chi connectivity index (χ3v) is 3.72. The number of carbonyl (C=O) groups is 1. The molecule has 0 aromatic carbocycles. The number of carboxylic acid groups (broad SMARTS) is 1. The second-order valence-electron chi connectivity index (χ2n) is 4.97. The van der Waals surface area contributed by atoms with Crippen LogP contribution in [0.5, 0.6) is 0 Å². The van der Waals surface area contributed by atoms with Gasteiger partial charge in [-0.3, -0.25) is 9.48 Å². The third kappa shape index (κ3) is 3.10. The number of carboxylic acids is 1. The van der Waals surface area contributed by atoms with Gasteiger partial charge in [-0.2, -0.15) is 5.10 Å². The maximum atomic E-state index is 11.0. The van der Waals surface area contributed by atoms with E-state index in [1.165, 1.54) is 0 Å². The molecule has 1 aliphatic carbocycles. The SMILES string of the molecule is CCn1cc(CNCC2CCCC2C(=O)O)cn1. The fraction of sp³-hybridized carbons (Fsp3) is 0.692. The van der Waals surface area contributed by atoms with Gasteiger partial charge in [0.25, 0.3) is 0 Å². The van der Waals surface area contributed by atoms with Crippen LogP contribution in [0.4, 0.5) is 0 Å². The van der Waals surface area contributed by atoms with E-state index < -0.39 is 5.97 Å². The quantitative estimate of drug-likeness (QED) is 0.804. The maximum absolute atomic E-state index is 11.0. The summed E-state index contributed by atoms with van der Waals surface area (Å²) < 4.78 is 1.90. The summed E-state index contributed by atoms with van der Waals surface area (Å²) in [6, 6.07) is 0. The Morgan fingerprint density at radius 1 is 1.61 bits per heavy atom. The molecular formula is C13H21N3O2. The molecule has 1 heterocycles. The van der Waals surface area contributed by atoms with Gasteiger partial charge < -0.3 is 10.4 Å². The topological polar surface area (TPSA) is 67.2 Å². The van der Waals surface area contributed by atoms with Crippen LogP contribution in [-0.2, 0) is 17.9 Å². The summed E-state index contributed by atoms with van der Waals surface area (Å²) in [5.74, 6) is -0.516. The lowest BCUT2D eigenvalue weighted by Gasteiger charge is -2.15. The standard InChI is InChI=1S/C13H21N3O2/c1-2-16-9-10(7-15-16)6-14-8-11-4-3-5-12(11)13(17)18/h7,9,11-12,14H,2-6,8H2,1H3,(H,17,18). The fourth-order valence-corrected chi connectivity index (χ4v) is 2.68. The average molecular weight is 251 g/mol. The molecule has 2 rings (SSSR count). The van der Waals surface area contributed by atoms with E-state index in [-0.39, 0.29) is 11.8 Å². The van der Waals surface area contributed by atoms with Gasteiger partial charge in [-0.05, 0) is 32.2 Å². The molecule has 2 atom stereocenters. The molecule has 1 saturated carbocycles. The van der Waals surface area contributed by atoms with E-state index in [0.717, 1.165) is 44.5 Å². The molecule has 1 aromatic heterocycles. The minimum atomic E-state index is -0.641. The van der Waals surface area contributed by atoms with Crippen LogP contribution in [0, 0.1) is 11.8 Å². The average Bonchev–Trinajstić information content (AvgIpc) is 2.97. The van der Waals surface area contributed by atoms with Crippen LogP contribution >= 0.6 is 0 Å². The Bertz CT molecular complexity index is 403. The van der Waals surface area contributed by atoms with Crippen LogP contribution in [0.1, 0.15) is 31.7 Å². The Morgan fingerprint density at radius 2 is 2.44 bits per heavy atom. The van der Waals surface area contributed by atoms with Crippen molar-refractivity contribution in [3.63, 3.8) is 0 Å². The van der Waals surface area contributed by atoms with Gasteiger partial charge in [-0.1, -0.05) is 6.42 Å². The third-order valence-electron chi connectivity index (χ3n) is 3.72. The first-order chi connectivity index (χ1) is 8.70. The van der Waals surface area contributed by atoms with Crippen molar-refractivity contribution in [2.45, 2.75) is 39.3 Å². The molecule has 0 bridgehead atoms. The highest BCUT2D eigenvalue weighted by Gasteiger charge is 2.32. The van der Waals surface area contributed by atoms with Crippen LogP contribution in [-0.4, -0.2) is 27.4 Å². The number of hydrogen-bond acceptors (Lipinski definition) is 3. The zero-order chi connectivity index (χ0) is 13.0. The predicted octanol–water partition coefficient (Wildman–Crippen LogP) is 1.49. The Morgan fingerprint density at radius 3 is 3.11 bits per heavy atom. The molecule has 0 radical (unpaired) electrons. The molecule has 1 fully saturated rings. The molecule has 5 nitrogen and oxygen atoms in total. The number of aliphatic carboxylic acids is 1. The van der Waals surface area contributed by atoms with Gasteiger partial charge in [0.1, 0.15) is 0 Å². The zero-order valence-corrected chi connectivity index (χ0v) is 10.8. The van der Waals surface area contributed by atoms with Gasteiger partial charge in [-0.25, -0.2) is 0 Å². The number of aromatic nitrogens is 2. The van der Waals surface area contributed by atoms with Gasteiger partial charge >= 0.3 is 5.97 Å². The van der Waals surface area contributed by atoms with E-state index in [4.69, 9.17) is 5.11 Å². The summed E-state index contributed by atoms with van der Waals surface area (Å²) in [5.41, 5.74) is 1.15. The molecule has 1 aliphatic rings. The summed E-state index contributed by atoms with van der Waals surface area (Å²) >= 11 is 0. The van der Waals surface area contributed by atoms with Gasteiger partial charge in [0, 0.05) is 24.8 Å². The van der Waals surface area contributed by atoms with E-state index in [0.29, 0.717) is 0 Å². The molecule has 0 saturated heterocycles. The molecule has 18 heavy (non-hydrogen) atoms. The first-order valence-corrected chi connectivity index (χ1v) is 6.65. The molecule has 1 aromatic rings. The van der Waals surface area contributed by atoms with Gasteiger partial charge in [0.15, 0.2) is 0 Å². The van der Waals surface area contributed by atoms with Crippen molar-refractivity contribution in [3.8, 4) is 0 Å². The minimum absolute atomic E-state index is 0.157. The van der Waals surface area contributed by atoms with Crippen molar-refractivity contribution in [2.75, 3.05) is 6.54 Å². The summed E-state index contributed by atoms with van der Waals surface area (Å²) in [6.07, 6.45) is 6.78. The van der Waals surface area contributed by atoms with Crippen molar-refractivity contribution >= 4 is 5.97 Å². The van der Waals surface area contributed by atoms with Crippen molar-refractivity contribution in [2.24, 2.45) is 11.8 Å². The van der Waals surface area contributed by atoms with E-state index in [1.807, 2.05) is 17.1 Å². The summed E-state index contributed by atoms with van der Waals surface area (Å²) in [4.78, 5) is 11.0. The number of nitrogens with zero attached hydrogens (tertiary/aromatic N) is 2. The van der Waals surface area contributed by atoms with Crippen molar-refractivity contribution in [1.29, 1.82) is 0 Å². The summed E-state index contributed by atoms with van der Waals surface area (Å²) in [6.45, 7) is 4.49. The molecule has 2 N–H and O–H groups in total. The van der Waals surface area contributed by atoms with Crippen LogP contribution in [0.25, 0.3) is 0 Å². The number of aryl methyl sites for hydroxylation is 1. The van der Waals surface area contributed by atoms with Crippen LogP contribution in [0.2, 0.25) is 0 Å². The highest BCUT2D eigenvalue weighted by atomic mass is 16.4. The number of nitrogens with one attached hydrogen (secondary N) is 1. The number of hydrogen-bond donors (Lipinski definition) is 2. The number of rotatable bonds is 6. The largest absolute Gasteiger partial charge is 0.481 e. The molecule has 2 unspecified atom stereocenters. The lowest BCUT2D eigenvalue weighted by atomic mass is 9.96. The monoisotopic (exact) mass is 251 g/mol. The van der Waals surface area contributed by atoms with E-state index >= 15 is 0 Å². The molecule has 100 valence electrons. The van der Waals surface area contributed by atoms with Gasteiger partial charge in [0.05, 0.1) is 12.1 Å². The Hall–Kier alpha value is -1.36. The van der Waals surface area contributed by atoms with Crippen LogP contribution in [0.15, 0.2) is 12.4 Å². The smallest absolute Gasteiger partial charge is 0.306 e. The lowest BCUT2D eigenvalue weighted by Crippen LogP contribution is -2.28. The molecule has 5 heteroatoms. The predicted molar refractivity (Wildman–Crippen MR) is 68.1 cm³/mol. The molecule has 0 aliphatic heterocycles. The second-order valence-corrected chi connectivity index (χ2v) is 4.97. The maximum Gasteiger partial charge on any atom is 0.306 e. The van der Waals surface area contributed by atoms with Crippen LogP contribution in [0.3, 0.4) is 0 Å². The van der Waals surface area contributed by atoms with E-state index in [2.05, 4.69) is 17.3 Å². The fourth-order valence-electron chi connectivity index (χ4n) is 2.68. The van der Waals surface area contributed by atoms with E-state index in [9.17, 15) is 4.79 Å². The normalized spacial score (nSPS) is 23.4. The highest BCUT2D eigenvalue weighted by molar-refractivity contribution is 5.70. The summed E-state index contributed by atoms with van der Waals surface area (Å²) in [7, 11) is 0. The Balaban J connectivity index is 1.76. The Labute approximate surface area is 107 Å². The van der Waals surface area contributed by atoms with E-state index in [1.54, 1.807) is 0 Å². The van der Waals surface area contributed by atoms with Crippen molar-refractivity contribution in [1.82, 2.24) is 15.1 Å². The van der Waals surface area contributed by atoms with Crippen molar-refractivity contribution in [3.05, 3.63) is 18.0 Å². The van der Waals surface area contributed by atoms with Gasteiger partial charge in [-0.15, -0.1) is 0 Å². The molecule has 0 amide bonds. The van der Waals surface area contributed by atoms with Gasteiger partial charge in [0.2, 0.25) is 0 Å². The summed E-state index contributed by atoms with van der Waals surface area (Å²) in [5, 5.41) is 16.7. The first kappa shape index (κ1) is 13.1. The minimum Gasteiger partial charge on any atom is -0.481 e. The zero-order valence-electron chi connectivity index (χ0n) is 10.8.